The fourth-order valence-electron chi connectivity index (χ4n) is 10.7. The fourth-order valence-corrected chi connectivity index (χ4v) is 10.7. The van der Waals surface area contributed by atoms with Crippen molar-refractivity contribution >= 4 is 5.97 Å². The van der Waals surface area contributed by atoms with Crippen molar-refractivity contribution in [3.63, 3.8) is 0 Å². The first kappa shape index (κ1) is 27.9. The number of methoxy groups -OCH3 is 1. The Hall–Kier alpha value is -0.650. The molecule has 0 amide bonds. The van der Waals surface area contributed by atoms with Crippen LogP contribution >= 0.6 is 0 Å². The highest BCUT2D eigenvalue weighted by atomic mass is 16.5. The Kier molecular flexibility index (Phi) is 8.64. The van der Waals surface area contributed by atoms with E-state index in [2.05, 4.69) is 31.0 Å². The molecule has 0 radical (unpaired) electrons. The van der Waals surface area contributed by atoms with E-state index in [1.54, 1.807) is 0 Å². The summed E-state index contributed by atoms with van der Waals surface area (Å²) in [6.07, 6.45) is 15.5. The van der Waals surface area contributed by atoms with Gasteiger partial charge in [0.05, 0.1) is 13.2 Å². The van der Waals surface area contributed by atoms with E-state index in [0.29, 0.717) is 47.0 Å². The molecule has 5 fully saturated rings. The van der Waals surface area contributed by atoms with Crippen molar-refractivity contribution in [2.24, 2.45) is 46.3 Å². The van der Waals surface area contributed by atoms with E-state index in [-0.39, 0.29) is 12.1 Å². The zero-order valence-corrected chi connectivity index (χ0v) is 24.4. The Balaban J connectivity index is 1.20. The lowest BCUT2D eigenvalue weighted by molar-refractivity contribution is -0.162. The molecule has 1 aliphatic heterocycles. The summed E-state index contributed by atoms with van der Waals surface area (Å²) in [5.41, 5.74) is 0.663. The molecule has 4 aliphatic carbocycles. The first-order valence-corrected chi connectivity index (χ1v) is 16.0. The van der Waals surface area contributed by atoms with Crippen LogP contribution in [-0.2, 0) is 9.53 Å². The number of rotatable bonds is 8. The van der Waals surface area contributed by atoms with E-state index in [9.17, 15) is 9.90 Å². The second kappa shape index (κ2) is 11.5. The van der Waals surface area contributed by atoms with Gasteiger partial charge in [0, 0.05) is 25.6 Å². The third-order valence-corrected chi connectivity index (χ3v) is 12.8. The highest BCUT2D eigenvalue weighted by Gasteiger charge is 2.62. The van der Waals surface area contributed by atoms with Crippen molar-refractivity contribution in [2.75, 3.05) is 33.3 Å². The molecule has 4 unspecified atom stereocenters. The molecule has 5 nitrogen and oxygen atoms in total. The Bertz CT molecular complexity index is 784. The first-order chi connectivity index (χ1) is 17.8. The standard InChI is InChI=1S/C32H56N2O3/c1-22(8-11-30(36)37-4)25-9-10-26-24-21-29(35)28-20-23(33-16-19-34-17-6-5-7-18-34)12-14-32(28,3)27(24)13-15-31(25,26)2/h22-29,33,35H,5-21H2,1-4H3/t22-,23?,24?,25-,26?,27?,28+,29+,31-,32-/m1/s1. The molecule has 5 rings (SSSR count). The van der Waals surface area contributed by atoms with Gasteiger partial charge in [-0.05, 0) is 130 Å². The van der Waals surface area contributed by atoms with Gasteiger partial charge in [0.2, 0.25) is 0 Å². The number of aliphatic hydroxyl groups is 1. The van der Waals surface area contributed by atoms with Gasteiger partial charge in [-0.2, -0.15) is 0 Å². The van der Waals surface area contributed by atoms with Crippen molar-refractivity contribution in [2.45, 2.75) is 116 Å². The topological polar surface area (TPSA) is 61.8 Å². The molecular formula is C32H56N2O3. The van der Waals surface area contributed by atoms with Crippen LogP contribution in [0.1, 0.15) is 104 Å². The van der Waals surface area contributed by atoms with Crippen LogP contribution in [0.3, 0.4) is 0 Å². The molecular weight excluding hydrogens is 460 g/mol. The first-order valence-electron chi connectivity index (χ1n) is 16.0. The van der Waals surface area contributed by atoms with Crippen LogP contribution in [0.2, 0.25) is 0 Å². The lowest BCUT2D eigenvalue weighted by Crippen LogP contribution is -2.59. The quantitative estimate of drug-likeness (QED) is 0.408. The molecule has 2 N–H and O–H groups in total. The predicted molar refractivity (Wildman–Crippen MR) is 149 cm³/mol. The van der Waals surface area contributed by atoms with Crippen LogP contribution in [0, 0.1) is 46.3 Å². The van der Waals surface area contributed by atoms with Gasteiger partial charge in [-0.25, -0.2) is 0 Å². The number of fused-ring (bicyclic) bond motifs is 5. The summed E-state index contributed by atoms with van der Waals surface area (Å²) >= 11 is 0. The Morgan fingerprint density at radius 3 is 2.49 bits per heavy atom. The number of carbonyl (C=O) groups is 1. The molecule has 0 spiro atoms. The summed E-state index contributed by atoms with van der Waals surface area (Å²) in [6, 6.07) is 0.578. The van der Waals surface area contributed by atoms with Crippen molar-refractivity contribution in [1.82, 2.24) is 10.2 Å². The maximum absolute atomic E-state index is 11.8. The number of nitrogens with one attached hydrogen (secondary N) is 1. The number of piperidine rings is 1. The van der Waals surface area contributed by atoms with Gasteiger partial charge in [0.25, 0.3) is 0 Å². The van der Waals surface area contributed by atoms with Gasteiger partial charge in [0.1, 0.15) is 0 Å². The summed E-state index contributed by atoms with van der Waals surface area (Å²) in [4.78, 5) is 14.4. The molecule has 0 bridgehead atoms. The van der Waals surface area contributed by atoms with Crippen LogP contribution in [0.15, 0.2) is 0 Å². The molecule has 37 heavy (non-hydrogen) atoms. The molecule has 10 atom stereocenters. The summed E-state index contributed by atoms with van der Waals surface area (Å²) in [5, 5.41) is 15.5. The summed E-state index contributed by atoms with van der Waals surface area (Å²) in [6.45, 7) is 12.4. The number of hydrogen-bond acceptors (Lipinski definition) is 5. The number of carbonyl (C=O) groups excluding carboxylic acids is 1. The van der Waals surface area contributed by atoms with Crippen molar-refractivity contribution in [3.8, 4) is 0 Å². The second-order valence-corrected chi connectivity index (χ2v) is 14.4. The number of ether oxygens (including phenoxy) is 1. The van der Waals surface area contributed by atoms with Gasteiger partial charge >= 0.3 is 5.97 Å². The van der Waals surface area contributed by atoms with Crippen molar-refractivity contribution < 1.29 is 14.6 Å². The third-order valence-electron chi connectivity index (χ3n) is 12.8. The van der Waals surface area contributed by atoms with Gasteiger partial charge in [-0.15, -0.1) is 0 Å². The SMILES string of the molecule is COC(=O)CC[C@@H](C)[C@H]1CCC2C3C[C@H](O)[C@@H]4CC(NCCN5CCCCC5)CC[C@]4(C)C3CC[C@@]21C. The van der Waals surface area contributed by atoms with Crippen molar-refractivity contribution in [1.29, 1.82) is 0 Å². The Morgan fingerprint density at radius 1 is 1.00 bits per heavy atom. The molecule has 1 saturated heterocycles. The van der Waals surface area contributed by atoms with E-state index in [0.717, 1.165) is 37.6 Å². The maximum atomic E-state index is 11.8. The Morgan fingerprint density at radius 2 is 1.73 bits per heavy atom. The van der Waals surface area contributed by atoms with Crippen LogP contribution in [0.5, 0.6) is 0 Å². The summed E-state index contributed by atoms with van der Waals surface area (Å²) in [7, 11) is 1.50. The zero-order chi connectivity index (χ0) is 26.2. The van der Waals surface area contributed by atoms with Crippen LogP contribution < -0.4 is 5.32 Å². The third kappa shape index (κ3) is 5.40. The van der Waals surface area contributed by atoms with Crippen molar-refractivity contribution in [3.05, 3.63) is 0 Å². The van der Waals surface area contributed by atoms with Gasteiger partial charge in [-0.3, -0.25) is 4.79 Å². The lowest BCUT2D eigenvalue weighted by Gasteiger charge is -2.62. The molecule has 0 aromatic heterocycles. The van der Waals surface area contributed by atoms with Crippen LogP contribution in [0.25, 0.3) is 0 Å². The Labute approximate surface area is 226 Å². The summed E-state index contributed by atoms with van der Waals surface area (Å²) < 4.78 is 4.92. The minimum Gasteiger partial charge on any atom is -0.469 e. The van der Waals surface area contributed by atoms with Gasteiger partial charge < -0.3 is 20.1 Å². The number of esters is 1. The number of nitrogens with zero attached hydrogens (tertiary/aromatic N) is 1. The number of aliphatic hydroxyl groups excluding tert-OH is 1. The maximum Gasteiger partial charge on any atom is 0.305 e. The zero-order valence-electron chi connectivity index (χ0n) is 24.4. The van der Waals surface area contributed by atoms with E-state index in [1.807, 2.05) is 0 Å². The number of hydrogen-bond donors (Lipinski definition) is 2. The molecule has 212 valence electrons. The molecule has 1 heterocycles. The van der Waals surface area contributed by atoms with E-state index in [4.69, 9.17) is 4.74 Å². The van der Waals surface area contributed by atoms with Crippen LogP contribution in [-0.4, -0.2) is 61.4 Å². The highest BCUT2D eigenvalue weighted by Crippen LogP contribution is 2.68. The molecule has 0 aromatic rings. The summed E-state index contributed by atoms with van der Waals surface area (Å²) in [5.74, 6) is 3.84. The number of likely N-dealkylation sites (tertiary alicyclic amines) is 1. The second-order valence-electron chi connectivity index (χ2n) is 14.4. The largest absolute Gasteiger partial charge is 0.469 e. The van der Waals surface area contributed by atoms with E-state index >= 15 is 0 Å². The van der Waals surface area contributed by atoms with Gasteiger partial charge in [-0.1, -0.05) is 27.2 Å². The van der Waals surface area contributed by atoms with Gasteiger partial charge in [0.15, 0.2) is 0 Å². The van der Waals surface area contributed by atoms with E-state index < -0.39 is 0 Å². The predicted octanol–water partition coefficient (Wildman–Crippen LogP) is 5.65. The molecule has 5 aliphatic rings. The molecule has 0 aromatic carbocycles. The lowest BCUT2D eigenvalue weighted by atomic mass is 9.43. The average molecular weight is 517 g/mol. The minimum atomic E-state index is -0.143. The smallest absolute Gasteiger partial charge is 0.305 e. The normalized spacial score (nSPS) is 44.9. The average Bonchev–Trinajstić information content (AvgIpc) is 3.26. The van der Waals surface area contributed by atoms with Crippen LogP contribution in [0.4, 0.5) is 0 Å². The monoisotopic (exact) mass is 516 g/mol. The molecule has 5 heteroatoms. The molecule has 4 saturated carbocycles. The fraction of sp³-hybridized carbons (Fsp3) is 0.969. The minimum absolute atomic E-state index is 0.0683. The van der Waals surface area contributed by atoms with E-state index in [1.165, 1.54) is 84.5 Å². The highest BCUT2D eigenvalue weighted by molar-refractivity contribution is 5.69.